The Hall–Kier alpha value is 0.220. The van der Waals surface area contributed by atoms with E-state index >= 15 is 0 Å². The van der Waals surface area contributed by atoms with E-state index in [2.05, 4.69) is 23.9 Å². The van der Waals surface area contributed by atoms with Gasteiger partial charge in [-0.1, -0.05) is 20.8 Å². The summed E-state index contributed by atoms with van der Waals surface area (Å²) in [5, 5.41) is 3.35. The molecule has 0 aromatic rings. The van der Waals surface area contributed by atoms with Crippen LogP contribution in [0.15, 0.2) is 0 Å². The molecule has 0 aromatic heterocycles. The minimum Gasteiger partial charge on any atom is -0.312 e. The van der Waals surface area contributed by atoms with E-state index in [0.29, 0.717) is 24.5 Å². The van der Waals surface area contributed by atoms with E-state index in [1.807, 2.05) is 11.8 Å². The highest BCUT2D eigenvalue weighted by Gasteiger charge is 2.28. The van der Waals surface area contributed by atoms with Crippen molar-refractivity contribution in [1.82, 2.24) is 10.0 Å². The van der Waals surface area contributed by atoms with Crippen LogP contribution in [0.5, 0.6) is 0 Å². The lowest BCUT2D eigenvalue weighted by molar-refractivity contribution is 0.321. The van der Waals surface area contributed by atoms with E-state index in [1.54, 1.807) is 6.92 Å². The van der Waals surface area contributed by atoms with E-state index in [4.69, 9.17) is 0 Å². The fraction of sp³-hybridized carbons (Fsp3) is 1.00. The first-order valence-electron chi connectivity index (χ1n) is 6.13. The van der Waals surface area contributed by atoms with Crippen molar-refractivity contribution in [3.05, 3.63) is 0 Å². The van der Waals surface area contributed by atoms with E-state index in [9.17, 15) is 8.42 Å². The van der Waals surface area contributed by atoms with E-state index < -0.39 is 10.0 Å². The molecule has 4 nitrogen and oxygen atoms in total. The first-order valence-corrected chi connectivity index (χ1v) is 8.94. The summed E-state index contributed by atoms with van der Waals surface area (Å²) in [6.45, 7) is 7.34. The van der Waals surface area contributed by atoms with Crippen LogP contribution in [0, 0.1) is 5.41 Å². The maximum absolute atomic E-state index is 11.4. The fourth-order valence-electron chi connectivity index (χ4n) is 2.08. The molecule has 1 heterocycles. The zero-order valence-corrected chi connectivity index (χ0v) is 12.6. The SMILES string of the molecule is CCNS(=O)(=O)CCNC1CSCC(C)(C)C1. The number of rotatable bonds is 6. The third-order valence-electron chi connectivity index (χ3n) is 2.78. The summed E-state index contributed by atoms with van der Waals surface area (Å²) < 4.78 is 25.4. The Labute approximate surface area is 109 Å². The van der Waals surface area contributed by atoms with Gasteiger partial charge in [0.25, 0.3) is 0 Å². The maximum atomic E-state index is 11.4. The van der Waals surface area contributed by atoms with Gasteiger partial charge in [-0.05, 0) is 17.6 Å². The Balaban J connectivity index is 2.27. The standard InChI is InChI=1S/C11H24N2O2S2/c1-4-13-17(14,15)6-5-12-10-7-11(2,3)9-16-8-10/h10,12-13H,4-9H2,1-3H3. The zero-order chi connectivity index (χ0) is 12.9. The van der Waals surface area contributed by atoms with Crippen molar-refractivity contribution in [3.8, 4) is 0 Å². The number of hydrogen-bond acceptors (Lipinski definition) is 4. The summed E-state index contributed by atoms with van der Waals surface area (Å²) in [5.74, 6) is 2.45. The molecule has 1 aliphatic rings. The second-order valence-electron chi connectivity index (χ2n) is 5.35. The third-order valence-corrected chi connectivity index (χ3v) is 5.87. The van der Waals surface area contributed by atoms with Crippen LogP contribution in [0.2, 0.25) is 0 Å². The smallest absolute Gasteiger partial charge is 0.212 e. The molecule has 2 N–H and O–H groups in total. The molecule has 0 bridgehead atoms. The molecule has 1 atom stereocenters. The van der Waals surface area contributed by atoms with Gasteiger partial charge in [0.15, 0.2) is 0 Å². The lowest BCUT2D eigenvalue weighted by Gasteiger charge is -2.35. The fourth-order valence-corrected chi connectivity index (χ4v) is 4.36. The van der Waals surface area contributed by atoms with Crippen LogP contribution < -0.4 is 10.0 Å². The Kier molecular flexibility index (Phi) is 5.76. The van der Waals surface area contributed by atoms with Crippen LogP contribution in [0.3, 0.4) is 0 Å². The topological polar surface area (TPSA) is 58.2 Å². The van der Waals surface area contributed by atoms with Crippen molar-refractivity contribution >= 4 is 21.8 Å². The minimum absolute atomic E-state index is 0.169. The predicted molar refractivity (Wildman–Crippen MR) is 75.0 cm³/mol. The molecule has 0 aromatic carbocycles. The second-order valence-corrected chi connectivity index (χ2v) is 8.31. The van der Waals surface area contributed by atoms with Crippen LogP contribution in [-0.4, -0.2) is 44.8 Å². The molecule has 0 saturated carbocycles. The highest BCUT2D eigenvalue weighted by atomic mass is 32.2. The van der Waals surface area contributed by atoms with Gasteiger partial charge >= 0.3 is 0 Å². The van der Waals surface area contributed by atoms with Crippen molar-refractivity contribution in [2.75, 3.05) is 30.3 Å². The second kappa shape index (κ2) is 6.41. The molecule has 1 unspecified atom stereocenters. The van der Waals surface area contributed by atoms with Crippen molar-refractivity contribution in [3.63, 3.8) is 0 Å². The highest BCUT2D eigenvalue weighted by Crippen LogP contribution is 2.33. The number of sulfonamides is 1. The van der Waals surface area contributed by atoms with Crippen molar-refractivity contribution in [1.29, 1.82) is 0 Å². The van der Waals surface area contributed by atoms with Crippen molar-refractivity contribution < 1.29 is 8.42 Å². The molecule has 17 heavy (non-hydrogen) atoms. The lowest BCUT2D eigenvalue weighted by atomic mass is 9.88. The first kappa shape index (κ1) is 15.3. The van der Waals surface area contributed by atoms with Crippen LogP contribution in [0.4, 0.5) is 0 Å². The molecular formula is C11H24N2O2S2. The Morgan fingerprint density at radius 2 is 2.12 bits per heavy atom. The summed E-state index contributed by atoms with van der Waals surface area (Å²) in [6.07, 6.45) is 1.13. The number of hydrogen-bond donors (Lipinski definition) is 2. The van der Waals surface area contributed by atoms with E-state index in [1.165, 1.54) is 5.75 Å². The third kappa shape index (κ3) is 6.08. The van der Waals surface area contributed by atoms with Gasteiger partial charge in [-0.25, -0.2) is 13.1 Å². The normalized spacial score (nSPS) is 24.8. The summed E-state index contributed by atoms with van der Waals surface area (Å²) in [4.78, 5) is 0. The summed E-state index contributed by atoms with van der Waals surface area (Å²) in [7, 11) is -3.08. The van der Waals surface area contributed by atoms with Crippen LogP contribution in [-0.2, 0) is 10.0 Å². The van der Waals surface area contributed by atoms with Crippen LogP contribution in [0.1, 0.15) is 27.2 Å². The van der Waals surface area contributed by atoms with Gasteiger partial charge in [0.1, 0.15) is 0 Å². The molecular weight excluding hydrogens is 256 g/mol. The van der Waals surface area contributed by atoms with Gasteiger partial charge in [0.2, 0.25) is 10.0 Å². The molecule has 6 heteroatoms. The quantitative estimate of drug-likeness (QED) is 0.763. The molecule has 0 amide bonds. The molecule has 1 aliphatic heterocycles. The zero-order valence-electron chi connectivity index (χ0n) is 11.0. The molecule has 0 radical (unpaired) electrons. The molecule has 102 valence electrons. The largest absolute Gasteiger partial charge is 0.312 e. The Bertz CT molecular complexity index is 328. The minimum atomic E-state index is -3.08. The average molecular weight is 280 g/mol. The predicted octanol–water partition coefficient (Wildman–Crippen LogP) is 1.05. The summed E-state index contributed by atoms with van der Waals surface area (Å²) >= 11 is 1.95. The highest BCUT2D eigenvalue weighted by molar-refractivity contribution is 7.99. The van der Waals surface area contributed by atoms with Crippen LogP contribution >= 0.6 is 11.8 Å². The van der Waals surface area contributed by atoms with Gasteiger partial charge in [-0.15, -0.1) is 0 Å². The van der Waals surface area contributed by atoms with Crippen molar-refractivity contribution in [2.24, 2.45) is 5.41 Å². The average Bonchev–Trinajstić information content (AvgIpc) is 2.15. The molecule has 0 spiro atoms. The van der Waals surface area contributed by atoms with E-state index in [-0.39, 0.29) is 5.75 Å². The van der Waals surface area contributed by atoms with Gasteiger partial charge in [-0.2, -0.15) is 11.8 Å². The Morgan fingerprint density at radius 3 is 2.71 bits per heavy atom. The summed E-state index contributed by atoms with van der Waals surface area (Å²) in [6, 6.07) is 0.445. The number of nitrogens with one attached hydrogen (secondary N) is 2. The van der Waals surface area contributed by atoms with Gasteiger partial charge in [0, 0.05) is 24.9 Å². The number of thioether (sulfide) groups is 1. The molecule has 1 fully saturated rings. The summed E-state index contributed by atoms with van der Waals surface area (Å²) in [5.41, 5.74) is 0.362. The molecule has 1 rings (SSSR count). The van der Waals surface area contributed by atoms with Crippen LogP contribution in [0.25, 0.3) is 0 Å². The van der Waals surface area contributed by atoms with Crippen molar-refractivity contribution in [2.45, 2.75) is 33.2 Å². The van der Waals surface area contributed by atoms with Gasteiger partial charge in [0.05, 0.1) is 5.75 Å². The monoisotopic (exact) mass is 280 g/mol. The molecule has 0 aliphatic carbocycles. The molecule has 1 saturated heterocycles. The maximum Gasteiger partial charge on any atom is 0.212 e. The van der Waals surface area contributed by atoms with E-state index in [0.717, 1.165) is 12.2 Å². The first-order chi connectivity index (χ1) is 7.85. The van der Waals surface area contributed by atoms with Gasteiger partial charge < -0.3 is 5.32 Å². The Morgan fingerprint density at radius 1 is 1.41 bits per heavy atom. The van der Waals surface area contributed by atoms with Gasteiger partial charge in [-0.3, -0.25) is 0 Å². The lowest BCUT2D eigenvalue weighted by Crippen LogP contribution is -2.43.